The summed E-state index contributed by atoms with van der Waals surface area (Å²) in [5, 5.41) is 3.21. The average Bonchev–Trinajstić information content (AvgIpc) is 2.66. The quantitative estimate of drug-likeness (QED) is 0.685. The van der Waals surface area contributed by atoms with Crippen LogP contribution in [0.15, 0.2) is 47.5 Å². The molecule has 0 bridgehead atoms. The van der Waals surface area contributed by atoms with Crippen LogP contribution < -0.4 is 10.9 Å². The van der Waals surface area contributed by atoms with Crippen molar-refractivity contribution in [3.63, 3.8) is 0 Å². The number of benzene rings is 1. The van der Waals surface area contributed by atoms with Crippen LogP contribution in [0.5, 0.6) is 0 Å². The molecule has 2 heterocycles. The lowest BCUT2D eigenvalue weighted by Gasteiger charge is -2.11. The summed E-state index contributed by atoms with van der Waals surface area (Å²) in [5.74, 6) is -0.471. The van der Waals surface area contributed by atoms with Crippen molar-refractivity contribution in [3.05, 3.63) is 69.5 Å². The summed E-state index contributed by atoms with van der Waals surface area (Å²) in [6, 6.07) is 7.71. The summed E-state index contributed by atoms with van der Waals surface area (Å²) in [4.78, 5) is 34.7. The number of pyridine rings is 1. The highest BCUT2D eigenvalue weighted by Crippen LogP contribution is 2.27. The van der Waals surface area contributed by atoms with Gasteiger partial charge < -0.3 is 10.3 Å². The zero-order valence-corrected chi connectivity index (χ0v) is 16.0. The minimum atomic E-state index is -0.526. The molecule has 0 spiro atoms. The van der Waals surface area contributed by atoms with Gasteiger partial charge in [-0.1, -0.05) is 31.5 Å². The molecule has 0 saturated carbocycles. The Balaban J connectivity index is 1.98. The number of nitrogens with zero attached hydrogens (tertiary/aromatic N) is 2. The number of carbonyl (C=O) groups is 1. The molecule has 0 saturated heterocycles. The number of hydrogen-bond donors (Lipinski definition) is 2. The molecule has 0 radical (unpaired) electrons. The normalized spacial score (nSPS) is 10.9. The van der Waals surface area contributed by atoms with Crippen molar-refractivity contribution in [2.75, 3.05) is 0 Å². The maximum absolute atomic E-state index is 13.5. The van der Waals surface area contributed by atoms with Gasteiger partial charge in [-0.3, -0.25) is 14.6 Å². The predicted molar refractivity (Wildman–Crippen MR) is 105 cm³/mol. The summed E-state index contributed by atoms with van der Waals surface area (Å²) in [5.41, 5.74) is 1.55. The van der Waals surface area contributed by atoms with Crippen LogP contribution in [-0.4, -0.2) is 20.9 Å². The molecule has 2 aromatic heterocycles. The zero-order valence-electron chi connectivity index (χ0n) is 15.3. The highest BCUT2D eigenvalue weighted by atomic mass is 35.5. The van der Waals surface area contributed by atoms with E-state index < -0.39 is 11.4 Å². The second-order valence-electron chi connectivity index (χ2n) is 6.56. The third-order valence-electron chi connectivity index (χ3n) is 4.02. The molecule has 6 nitrogen and oxygen atoms in total. The highest BCUT2D eigenvalue weighted by Gasteiger charge is 2.12. The molecule has 0 aliphatic carbocycles. The minimum Gasteiger partial charge on any atom is -0.352 e. The Morgan fingerprint density at radius 3 is 2.75 bits per heavy atom. The summed E-state index contributed by atoms with van der Waals surface area (Å²) >= 11 is 6.30. The Morgan fingerprint density at radius 2 is 2.04 bits per heavy atom. The van der Waals surface area contributed by atoms with Crippen molar-refractivity contribution < 1.29 is 9.18 Å². The lowest BCUT2D eigenvalue weighted by molar-refractivity contribution is -0.124. The summed E-state index contributed by atoms with van der Waals surface area (Å²) < 4.78 is 13.5. The number of carbonyl (C=O) groups excluding carboxylic acids is 1. The maximum atomic E-state index is 13.5. The molecule has 0 aliphatic rings. The second kappa shape index (κ2) is 8.31. The maximum Gasteiger partial charge on any atom is 0.251 e. The van der Waals surface area contributed by atoms with Crippen LogP contribution in [0, 0.1) is 11.7 Å². The number of H-pyrrole nitrogens is 1. The molecular formula is C20H18ClFN4O2. The molecule has 0 fully saturated rings. The van der Waals surface area contributed by atoms with Crippen molar-refractivity contribution in [2.24, 2.45) is 5.92 Å². The summed E-state index contributed by atoms with van der Waals surface area (Å²) in [6.07, 6.45) is 2.50. The summed E-state index contributed by atoms with van der Waals surface area (Å²) in [6.45, 7) is 3.94. The van der Waals surface area contributed by atoms with Gasteiger partial charge in [0.05, 0.1) is 16.9 Å². The van der Waals surface area contributed by atoms with Crippen LogP contribution in [0.25, 0.3) is 22.6 Å². The van der Waals surface area contributed by atoms with E-state index in [4.69, 9.17) is 11.6 Å². The number of rotatable bonds is 5. The van der Waals surface area contributed by atoms with E-state index in [1.54, 1.807) is 18.2 Å². The second-order valence-corrected chi connectivity index (χ2v) is 6.96. The van der Waals surface area contributed by atoms with Gasteiger partial charge in [0.1, 0.15) is 11.6 Å². The molecule has 0 aliphatic heterocycles. The highest BCUT2D eigenvalue weighted by molar-refractivity contribution is 6.33. The third-order valence-corrected chi connectivity index (χ3v) is 4.35. The monoisotopic (exact) mass is 400 g/mol. The van der Waals surface area contributed by atoms with Gasteiger partial charge in [0.2, 0.25) is 5.91 Å². The standard InChI is InChI=1S/C20H18ClFN4O2/c1-11(2)20(28)24-8-12-3-4-16(21)15(5-12)19-25-17(7-18(27)26-19)13-6-14(22)10-23-9-13/h3-7,9-11H,8H2,1-2H3,(H,24,28)(H,25,26,27). The lowest BCUT2D eigenvalue weighted by atomic mass is 10.1. The predicted octanol–water partition coefficient (Wildman–Crippen LogP) is 3.56. The molecule has 8 heteroatoms. The topological polar surface area (TPSA) is 87.7 Å². The van der Waals surface area contributed by atoms with E-state index in [0.29, 0.717) is 22.7 Å². The number of nitrogens with one attached hydrogen (secondary N) is 2. The van der Waals surface area contributed by atoms with E-state index >= 15 is 0 Å². The molecule has 0 atom stereocenters. The van der Waals surface area contributed by atoms with Crippen LogP contribution in [0.2, 0.25) is 5.02 Å². The number of amides is 1. The fraction of sp³-hybridized carbons (Fsp3) is 0.200. The first kappa shape index (κ1) is 19.7. The Kier molecular flexibility index (Phi) is 5.84. The smallest absolute Gasteiger partial charge is 0.251 e. The van der Waals surface area contributed by atoms with Crippen molar-refractivity contribution >= 4 is 17.5 Å². The first-order valence-corrected chi connectivity index (χ1v) is 9.00. The van der Waals surface area contributed by atoms with Gasteiger partial charge in [-0.15, -0.1) is 0 Å². The number of aromatic nitrogens is 3. The molecule has 1 amide bonds. The first-order chi connectivity index (χ1) is 13.3. The summed E-state index contributed by atoms with van der Waals surface area (Å²) in [7, 11) is 0. The third kappa shape index (κ3) is 4.61. The Morgan fingerprint density at radius 1 is 1.25 bits per heavy atom. The zero-order chi connectivity index (χ0) is 20.3. The Labute approximate surface area is 165 Å². The van der Waals surface area contributed by atoms with Gasteiger partial charge in [-0.25, -0.2) is 9.37 Å². The van der Waals surface area contributed by atoms with Crippen LogP contribution in [-0.2, 0) is 11.3 Å². The van der Waals surface area contributed by atoms with Crippen molar-refractivity contribution in [3.8, 4) is 22.6 Å². The van der Waals surface area contributed by atoms with Gasteiger partial charge in [0.15, 0.2) is 0 Å². The van der Waals surface area contributed by atoms with E-state index in [0.717, 1.165) is 11.8 Å². The van der Waals surface area contributed by atoms with Crippen LogP contribution in [0.1, 0.15) is 19.4 Å². The molecule has 3 aromatic rings. The van der Waals surface area contributed by atoms with Crippen molar-refractivity contribution in [1.29, 1.82) is 0 Å². The number of halogens is 2. The van der Waals surface area contributed by atoms with E-state index in [9.17, 15) is 14.0 Å². The van der Waals surface area contributed by atoms with Gasteiger partial charge in [0.25, 0.3) is 5.56 Å². The van der Waals surface area contributed by atoms with E-state index in [1.807, 2.05) is 13.8 Å². The SMILES string of the molecule is CC(C)C(=O)NCc1ccc(Cl)c(-c2nc(-c3cncc(F)c3)cc(=O)[nH]2)c1. The molecule has 1 aromatic carbocycles. The Bertz CT molecular complexity index is 1080. The average molecular weight is 401 g/mol. The van der Waals surface area contributed by atoms with E-state index in [1.165, 1.54) is 18.3 Å². The van der Waals surface area contributed by atoms with E-state index in [-0.39, 0.29) is 23.3 Å². The molecule has 0 unspecified atom stereocenters. The molecular weight excluding hydrogens is 383 g/mol. The van der Waals surface area contributed by atoms with E-state index in [2.05, 4.69) is 20.3 Å². The first-order valence-electron chi connectivity index (χ1n) is 8.62. The molecule has 2 N–H and O–H groups in total. The number of hydrogen-bond acceptors (Lipinski definition) is 4. The van der Waals surface area contributed by atoms with Crippen LogP contribution >= 0.6 is 11.6 Å². The Hall–Kier alpha value is -3.06. The van der Waals surface area contributed by atoms with Crippen LogP contribution in [0.3, 0.4) is 0 Å². The lowest BCUT2D eigenvalue weighted by Crippen LogP contribution is -2.27. The van der Waals surface area contributed by atoms with Crippen LogP contribution in [0.4, 0.5) is 4.39 Å². The van der Waals surface area contributed by atoms with Crippen molar-refractivity contribution in [2.45, 2.75) is 20.4 Å². The van der Waals surface area contributed by atoms with Gasteiger partial charge >= 0.3 is 0 Å². The molecule has 144 valence electrons. The fourth-order valence-corrected chi connectivity index (χ4v) is 2.75. The van der Waals surface area contributed by atoms with Gasteiger partial charge in [-0.2, -0.15) is 0 Å². The van der Waals surface area contributed by atoms with Gasteiger partial charge in [0, 0.05) is 35.9 Å². The van der Waals surface area contributed by atoms with Crippen molar-refractivity contribution in [1.82, 2.24) is 20.3 Å². The largest absolute Gasteiger partial charge is 0.352 e. The fourth-order valence-electron chi connectivity index (χ4n) is 2.54. The molecule has 3 rings (SSSR count). The van der Waals surface area contributed by atoms with Gasteiger partial charge in [-0.05, 0) is 23.8 Å². The minimum absolute atomic E-state index is 0.0661. The number of aromatic amines is 1. The molecule has 28 heavy (non-hydrogen) atoms.